The van der Waals surface area contributed by atoms with Gasteiger partial charge in [0.1, 0.15) is 0 Å². The number of hydrogen-bond donors (Lipinski definition) is 0. The van der Waals surface area contributed by atoms with Crippen LogP contribution >= 0.6 is 11.6 Å². The van der Waals surface area contributed by atoms with Crippen LogP contribution in [0.15, 0.2) is 54.6 Å². The monoisotopic (exact) mass is 282 g/mol. The Morgan fingerprint density at radius 2 is 1.70 bits per heavy atom. The van der Waals surface area contributed by atoms with Crippen LogP contribution in [-0.2, 0) is 0 Å². The van der Waals surface area contributed by atoms with Crippen molar-refractivity contribution in [3.63, 3.8) is 0 Å². The first-order valence-electron chi connectivity index (χ1n) is 6.10. The molecule has 4 nitrogen and oxygen atoms in total. The molecule has 0 saturated heterocycles. The van der Waals surface area contributed by atoms with Crippen LogP contribution in [0.2, 0.25) is 5.02 Å². The Bertz CT molecular complexity index is 717. The van der Waals surface area contributed by atoms with Gasteiger partial charge in [-0.05, 0) is 29.0 Å². The fourth-order valence-corrected chi connectivity index (χ4v) is 1.84. The second-order valence-electron chi connectivity index (χ2n) is 4.17. The molecule has 0 saturated carbocycles. The van der Waals surface area contributed by atoms with Crippen molar-refractivity contribution < 1.29 is 0 Å². The van der Waals surface area contributed by atoms with Crippen LogP contribution in [0.5, 0.6) is 0 Å². The summed E-state index contributed by atoms with van der Waals surface area (Å²) in [7, 11) is 0. The Morgan fingerprint density at radius 1 is 0.950 bits per heavy atom. The van der Waals surface area contributed by atoms with Gasteiger partial charge in [0, 0.05) is 10.6 Å². The van der Waals surface area contributed by atoms with Crippen molar-refractivity contribution in [2.45, 2.75) is 0 Å². The summed E-state index contributed by atoms with van der Waals surface area (Å²) in [5.74, 6) is 0.603. The van der Waals surface area contributed by atoms with E-state index in [1.807, 2.05) is 60.7 Å². The summed E-state index contributed by atoms with van der Waals surface area (Å²) in [5.41, 5.74) is 1.96. The normalized spacial score (nSPS) is 11.1. The zero-order chi connectivity index (χ0) is 13.8. The largest absolute Gasteiger partial charge is 0.205 e. The summed E-state index contributed by atoms with van der Waals surface area (Å²) in [5, 5.41) is 13.0. The molecule has 1 aromatic heterocycles. The molecule has 0 bridgehead atoms. The minimum absolute atomic E-state index is 0.603. The average Bonchev–Trinajstić information content (AvgIpc) is 2.97. The first-order valence-corrected chi connectivity index (χ1v) is 6.48. The van der Waals surface area contributed by atoms with Gasteiger partial charge in [-0.25, -0.2) is 0 Å². The Labute approximate surface area is 121 Å². The topological polar surface area (TPSA) is 43.6 Å². The maximum absolute atomic E-state index is 5.84. The van der Waals surface area contributed by atoms with Crippen LogP contribution in [0.3, 0.4) is 0 Å². The Morgan fingerprint density at radius 3 is 2.45 bits per heavy atom. The minimum Gasteiger partial charge on any atom is -0.138 e. The smallest absolute Gasteiger partial charge is 0.138 e. The van der Waals surface area contributed by atoms with E-state index in [0.29, 0.717) is 10.8 Å². The van der Waals surface area contributed by atoms with E-state index in [2.05, 4.69) is 15.4 Å². The predicted octanol–water partition coefficient (Wildman–Crippen LogP) is 3.62. The lowest BCUT2D eigenvalue weighted by atomic mass is 10.2. The summed E-state index contributed by atoms with van der Waals surface area (Å²) in [6.07, 6.45) is 3.65. The van der Waals surface area contributed by atoms with Gasteiger partial charge in [0.15, 0.2) is 0 Å². The average molecular weight is 283 g/mol. The van der Waals surface area contributed by atoms with E-state index in [0.717, 1.165) is 11.1 Å². The van der Waals surface area contributed by atoms with Crippen LogP contribution in [0.1, 0.15) is 5.56 Å². The maximum Gasteiger partial charge on any atom is 0.205 e. The minimum atomic E-state index is 0.603. The summed E-state index contributed by atoms with van der Waals surface area (Å²) in [6, 6.07) is 17.3. The first-order chi connectivity index (χ1) is 9.81. The van der Waals surface area contributed by atoms with Crippen molar-refractivity contribution in [2.24, 2.45) is 0 Å². The van der Waals surface area contributed by atoms with Crippen LogP contribution in [0.25, 0.3) is 23.7 Å². The highest BCUT2D eigenvalue weighted by Gasteiger charge is 2.02. The van der Waals surface area contributed by atoms with Gasteiger partial charge >= 0.3 is 0 Å². The second-order valence-corrected chi connectivity index (χ2v) is 4.60. The van der Waals surface area contributed by atoms with E-state index in [4.69, 9.17) is 11.6 Å². The van der Waals surface area contributed by atoms with E-state index in [9.17, 15) is 0 Å². The molecular weight excluding hydrogens is 272 g/mol. The van der Waals surface area contributed by atoms with Gasteiger partial charge in [-0.1, -0.05) is 54.1 Å². The molecule has 2 aromatic carbocycles. The molecule has 3 aromatic rings. The standard InChI is InChI=1S/C15H11ClN4/c16-14-8-6-12(7-9-14)10-11-20-18-15(17-19-20)13-4-2-1-3-5-13/h1-11H/b11-10+. The zero-order valence-corrected chi connectivity index (χ0v) is 11.3. The number of rotatable bonds is 3. The fourth-order valence-electron chi connectivity index (χ4n) is 1.72. The van der Waals surface area contributed by atoms with Gasteiger partial charge in [-0.3, -0.25) is 0 Å². The van der Waals surface area contributed by atoms with Crippen molar-refractivity contribution >= 4 is 23.9 Å². The molecule has 1 heterocycles. The third-order valence-corrected chi connectivity index (χ3v) is 2.98. The van der Waals surface area contributed by atoms with Gasteiger partial charge < -0.3 is 0 Å². The van der Waals surface area contributed by atoms with Crippen molar-refractivity contribution in [3.05, 3.63) is 65.2 Å². The summed E-state index contributed by atoms with van der Waals surface area (Å²) >= 11 is 5.84. The third-order valence-electron chi connectivity index (χ3n) is 2.73. The highest BCUT2D eigenvalue weighted by atomic mass is 35.5. The molecule has 0 aliphatic rings. The molecule has 0 spiro atoms. The number of aromatic nitrogens is 4. The molecule has 0 unspecified atom stereocenters. The maximum atomic E-state index is 5.84. The highest BCUT2D eigenvalue weighted by Crippen LogP contribution is 2.13. The van der Waals surface area contributed by atoms with Gasteiger partial charge in [-0.2, -0.15) is 0 Å². The molecule has 98 valence electrons. The summed E-state index contributed by atoms with van der Waals surface area (Å²) in [4.78, 5) is 1.44. The van der Waals surface area contributed by atoms with Crippen LogP contribution < -0.4 is 0 Å². The first kappa shape index (κ1) is 12.6. The molecule has 0 aliphatic carbocycles. The van der Waals surface area contributed by atoms with E-state index in [-0.39, 0.29) is 0 Å². The van der Waals surface area contributed by atoms with Crippen molar-refractivity contribution in [2.75, 3.05) is 0 Å². The van der Waals surface area contributed by atoms with Crippen molar-refractivity contribution in [1.29, 1.82) is 0 Å². The molecule has 3 rings (SSSR count). The molecule has 5 heteroatoms. The van der Waals surface area contributed by atoms with Gasteiger partial charge in [0.25, 0.3) is 0 Å². The third kappa shape index (κ3) is 2.92. The van der Waals surface area contributed by atoms with Gasteiger partial charge in [0.2, 0.25) is 5.82 Å². The molecule has 0 atom stereocenters. The Kier molecular flexibility index (Phi) is 3.56. The number of nitrogens with zero attached hydrogens (tertiary/aromatic N) is 4. The van der Waals surface area contributed by atoms with Crippen LogP contribution in [0.4, 0.5) is 0 Å². The van der Waals surface area contributed by atoms with Gasteiger partial charge in [0.05, 0.1) is 6.20 Å². The predicted molar refractivity (Wildman–Crippen MR) is 79.9 cm³/mol. The Balaban J connectivity index is 1.79. The SMILES string of the molecule is Clc1ccc(/C=C/n2nnc(-c3ccccc3)n2)cc1. The quantitative estimate of drug-likeness (QED) is 0.737. The van der Waals surface area contributed by atoms with E-state index in [1.165, 1.54) is 4.80 Å². The number of halogens is 1. The lowest BCUT2D eigenvalue weighted by Crippen LogP contribution is -1.91. The molecule has 0 amide bonds. The zero-order valence-electron chi connectivity index (χ0n) is 10.5. The van der Waals surface area contributed by atoms with E-state index < -0.39 is 0 Å². The molecule has 0 radical (unpaired) electrons. The fraction of sp³-hybridized carbons (Fsp3) is 0. The summed E-state index contributed by atoms with van der Waals surface area (Å²) in [6.45, 7) is 0. The molecule has 0 N–H and O–H groups in total. The van der Waals surface area contributed by atoms with E-state index >= 15 is 0 Å². The number of hydrogen-bond acceptors (Lipinski definition) is 3. The van der Waals surface area contributed by atoms with E-state index in [1.54, 1.807) is 6.20 Å². The van der Waals surface area contributed by atoms with Crippen molar-refractivity contribution in [3.8, 4) is 11.4 Å². The molecular formula is C15H11ClN4. The number of tetrazole rings is 1. The lowest BCUT2D eigenvalue weighted by Gasteiger charge is -1.93. The highest BCUT2D eigenvalue weighted by molar-refractivity contribution is 6.30. The Hall–Kier alpha value is -2.46. The summed E-state index contributed by atoms with van der Waals surface area (Å²) < 4.78 is 0. The van der Waals surface area contributed by atoms with Gasteiger partial charge in [-0.15, -0.1) is 15.0 Å². The second kappa shape index (κ2) is 5.67. The van der Waals surface area contributed by atoms with Crippen LogP contribution in [0, 0.1) is 0 Å². The molecule has 0 fully saturated rings. The molecule has 0 aliphatic heterocycles. The molecule has 20 heavy (non-hydrogen) atoms. The van der Waals surface area contributed by atoms with Crippen molar-refractivity contribution in [1.82, 2.24) is 20.2 Å². The number of benzene rings is 2. The lowest BCUT2D eigenvalue weighted by molar-refractivity contribution is 0.761. The van der Waals surface area contributed by atoms with Crippen LogP contribution in [-0.4, -0.2) is 20.2 Å².